The fourth-order valence-electron chi connectivity index (χ4n) is 2.83. The Morgan fingerprint density at radius 2 is 2.00 bits per heavy atom. The molecule has 5 heteroatoms. The Hall–Kier alpha value is -3.34. The first kappa shape index (κ1) is 14.3. The summed E-state index contributed by atoms with van der Waals surface area (Å²) in [4.78, 5) is 16.0. The van der Waals surface area contributed by atoms with Gasteiger partial charge in [0, 0.05) is 34.7 Å². The standard InChI is InChI=1S/C19H16N4O/c1-13-11-14-12-15(7-8-17(14)21-13)22-19(24)16-5-2-3-6-18(16)23-10-4-9-20-23/h2-12,21H,1H3,(H,22,24). The van der Waals surface area contributed by atoms with Crippen LogP contribution in [0.25, 0.3) is 16.6 Å². The van der Waals surface area contributed by atoms with Crippen molar-refractivity contribution in [1.29, 1.82) is 0 Å². The number of carbonyl (C=O) groups is 1. The van der Waals surface area contributed by atoms with Crippen LogP contribution in [-0.2, 0) is 0 Å². The molecule has 0 fully saturated rings. The van der Waals surface area contributed by atoms with Crippen LogP contribution in [0.3, 0.4) is 0 Å². The summed E-state index contributed by atoms with van der Waals surface area (Å²) in [5.41, 5.74) is 4.24. The molecule has 0 saturated heterocycles. The summed E-state index contributed by atoms with van der Waals surface area (Å²) >= 11 is 0. The number of anilines is 1. The molecule has 0 spiro atoms. The highest BCUT2D eigenvalue weighted by Crippen LogP contribution is 2.21. The Kier molecular flexibility index (Phi) is 3.39. The summed E-state index contributed by atoms with van der Waals surface area (Å²) in [5.74, 6) is -0.160. The van der Waals surface area contributed by atoms with Crippen molar-refractivity contribution in [1.82, 2.24) is 14.8 Å². The van der Waals surface area contributed by atoms with Gasteiger partial charge in [-0.1, -0.05) is 12.1 Å². The maximum absolute atomic E-state index is 12.7. The summed E-state index contributed by atoms with van der Waals surface area (Å²) < 4.78 is 1.69. The van der Waals surface area contributed by atoms with Crippen LogP contribution in [0.1, 0.15) is 16.1 Å². The Balaban J connectivity index is 1.66. The number of aryl methyl sites for hydroxylation is 1. The largest absolute Gasteiger partial charge is 0.359 e. The topological polar surface area (TPSA) is 62.7 Å². The van der Waals surface area contributed by atoms with Gasteiger partial charge in [-0.15, -0.1) is 0 Å². The maximum Gasteiger partial charge on any atom is 0.257 e. The minimum Gasteiger partial charge on any atom is -0.359 e. The van der Waals surface area contributed by atoms with E-state index >= 15 is 0 Å². The van der Waals surface area contributed by atoms with E-state index in [0.29, 0.717) is 5.56 Å². The van der Waals surface area contributed by atoms with Crippen LogP contribution >= 0.6 is 0 Å². The van der Waals surface area contributed by atoms with Crippen molar-refractivity contribution in [3.05, 3.63) is 78.2 Å². The van der Waals surface area contributed by atoms with Crippen LogP contribution in [0.5, 0.6) is 0 Å². The van der Waals surface area contributed by atoms with Crippen molar-refractivity contribution >= 4 is 22.5 Å². The highest BCUT2D eigenvalue weighted by molar-refractivity contribution is 6.07. The number of nitrogens with one attached hydrogen (secondary N) is 2. The number of hydrogen-bond donors (Lipinski definition) is 2. The molecule has 0 aliphatic heterocycles. The van der Waals surface area contributed by atoms with Crippen LogP contribution in [0.2, 0.25) is 0 Å². The second kappa shape index (κ2) is 5.70. The van der Waals surface area contributed by atoms with Gasteiger partial charge >= 0.3 is 0 Å². The van der Waals surface area contributed by atoms with Gasteiger partial charge in [-0.2, -0.15) is 5.10 Å². The van der Waals surface area contributed by atoms with Crippen molar-refractivity contribution in [2.75, 3.05) is 5.32 Å². The molecule has 0 atom stereocenters. The van der Waals surface area contributed by atoms with E-state index in [0.717, 1.165) is 28.0 Å². The molecular formula is C19H16N4O. The molecule has 0 radical (unpaired) electrons. The Morgan fingerprint density at radius 3 is 2.83 bits per heavy atom. The SMILES string of the molecule is Cc1cc2cc(NC(=O)c3ccccc3-n3cccn3)ccc2[nH]1. The number of aromatic amines is 1. The molecule has 0 aliphatic rings. The van der Waals surface area contributed by atoms with E-state index in [4.69, 9.17) is 0 Å². The predicted molar refractivity (Wildman–Crippen MR) is 94.6 cm³/mol. The molecule has 5 nitrogen and oxygen atoms in total. The van der Waals surface area contributed by atoms with E-state index in [1.807, 2.05) is 55.6 Å². The van der Waals surface area contributed by atoms with E-state index in [1.54, 1.807) is 16.9 Å². The van der Waals surface area contributed by atoms with E-state index < -0.39 is 0 Å². The van der Waals surface area contributed by atoms with Crippen molar-refractivity contribution in [3.8, 4) is 5.69 Å². The molecule has 0 aliphatic carbocycles. The summed E-state index contributed by atoms with van der Waals surface area (Å²) in [6.07, 6.45) is 3.51. The fourth-order valence-corrected chi connectivity index (χ4v) is 2.83. The molecule has 4 rings (SSSR count). The third kappa shape index (κ3) is 2.56. The lowest BCUT2D eigenvalue weighted by molar-refractivity contribution is 0.102. The normalized spacial score (nSPS) is 10.9. The van der Waals surface area contributed by atoms with E-state index in [1.165, 1.54) is 0 Å². The number of aromatic nitrogens is 3. The first-order valence-electron chi connectivity index (χ1n) is 7.70. The minimum atomic E-state index is -0.160. The zero-order chi connectivity index (χ0) is 16.5. The van der Waals surface area contributed by atoms with Gasteiger partial charge in [-0.3, -0.25) is 4.79 Å². The number of fused-ring (bicyclic) bond motifs is 1. The number of benzene rings is 2. The maximum atomic E-state index is 12.7. The highest BCUT2D eigenvalue weighted by atomic mass is 16.1. The van der Waals surface area contributed by atoms with Crippen molar-refractivity contribution in [2.24, 2.45) is 0 Å². The predicted octanol–water partition coefficient (Wildman–Crippen LogP) is 3.91. The number of carbonyl (C=O) groups excluding carboxylic acids is 1. The van der Waals surface area contributed by atoms with Crippen LogP contribution < -0.4 is 5.32 Å². The molecular weight excluding hydrogens is 300 g/mol. The summed E-state index contributed by atoms with van der Waals surface area (Å²) in [6.45, 7) is 2.01. The smallest absolute Gasteiger partial charge is 0.257 e. The lowest BCUT2D eigenvalue weighted by atomic mass is 10.1. The minimum absolute atomic E-state index is 0.160. The van der Waals surface area contributed by atoms with Gasteiger partial charge in [0.1, 0.15) is 0 Å². The molecule has 0 saturated carbocycles. The van der Waals surface area contributed by atoms with Gasteiger partial charge in [0.15, 0.2) is 0 Å². The zero-order valence-electron chi connectivity index (χ0n) is 13.2. The van der Waals surface area contributed by atoms with Gasteiger partial charge in [0.2, 0.25) is 0 Å². The third-order valence-electron chi connectivity index (χ3n) is 3.91. The van der Waals surface area contributed by atoms with Crippen molar-refractivity contribution in [3.63, 3.8) is 0 Å². The molecule has 0 bridgehead atoms. The van der Waals surface area contributed by atoms with E-state index in [2.05, 4.69) is 21.5 Å². The summed E-state index contributed by atoms with van der Waals surface area (Å²) in [5, 5.41) is 8.26. The second-order valence-electron chi connectivity index (χ2n) is 5.68. The molecule has 2 N–H and O–H groups in total. The zero-order valence-corrected chi connectivity index (χ0v) is 13.2. The molecule has 2 aromatic carbocycles. The fraction of sp³-hybridized carbons (Fsp3) is 0.0526. The second-order valence-corrected chi connectivity index (χ2v) is 5.68. The monoisotopic (exact) mass is 316 g/mol. The molecule has 4 aromatic rings. The van der Waals surface area contributed by atoms with Crippen LogP contribution in [0, 0.1) is 6.92 Å². The Bertz CT molecular complexity index is 1010. The Morgan fingerprint density at radius 1 is 1.12 bits per heavy atom. The molecule has 0 unspecified atom stereocenters. The molecule has 2 aromatic heterocycles. The van der Waals surface area contributed by atoms with E-state index in [-0.39, 0.29) is 5.91 Å². The number of amides is 1. The lowest BCUT2D eigenvalue weighted by Gasteiger charge is -2.10. The number of H-pyrrole nitrogens is 1. The van der Waals surface area contributed by atoms with Crippen LogP contribution in [-0.4, -0.2) is 20.7 Å². The Labute approximate surface area is 138 Å². The van der Waals surface area contributed by atoms with Gasteiger partial charge in [0.05, 0.1) is 11.3 Å². The molecule has 1 amide bonds. The average molecular weight is 316 g/mol. The quantitative estimate of drug-likeness (QED) is 0.602. The first-order chi connectivity index (χ1) is 11.7. The molecule has 24 heavy (non-hydrogen) atoms. The van der Waals surface area contributed by atoms with Crippen molar-refractivity contribution in [2.45, 2.75) is 6.92 Å². The highest BCUT2D eigenvalue weighted by Gasteiger charge is 2.13. The number of nitrogens with zero attached hydrogens (tertiary/aromatic N) is 2. The van der Waals surface area contributed by atoms with Crippen LogP contribution in [0.4, 0.5) is 5.69 Å². The van der Waals surface area contributed by atoms with Gasteiger partial charge in [-0.05, 0) is 49.4 Å². The third-order valence-corrected chi connectivity index (χ3v) is 3.91. The first-order valence-corrected chi connectivity index (χ1v) is 7.70. The molecule has 118 valence electrons. The van der Waals surface area contributed by atoms with Gasteiger partial charge in [-0.25, -0.2) is 4.68 Å². The van der Waals surface area contributed by atoms with Crippen molar-refractivity contribution < 1.29 is 4.79 Å². The lowest BCUT2D eigenvalue weighted by Crippen LogP contribution is -2.15. The number of para-hydroxylation sites is 1. The van der Waals surface area contributed by atoms with Gasteiger partial charge in [0.25, 0.3) is 5.91 Å². The summed E-state index contributed by atoms with van der Waals surface area (Å²) in [7, 11) is 0. The average Bonchev–Trinajstić information content (AvgIpc) is 3.23. The van der Waals surface area contributed by atoms with Gasteiger partial charge < -0.3 is 10.3 Å². The number of hydrogen-bond acceptors (Lipinski definition) is 2. The van der Waals surface area contributed by atoms with E-state index in [9.17, 15) is 4.79 Å². The van der Waals surface area contributed by atoms with Crippen LogP contribution in [0.15, 0.2) is 67.0 Å². The number of rotatable bonds is 3. The summed E-state index contributed by atoms with van der Waals surface area (Å²) in [6, 6.07) is 17.1. The molecule has 2 heterocycles.